The highest BCUT2D eigenvalue weighted by Crippen LogP contribution is 2.26. The fourth-order valence-electron chi connectivity index (χ4n) is 2.75. The minimum absolute atomic E-state index is 0.350. The molecule has 0 spiro atoms. The first-order chi connectivity index (χ1) is 12.7. The molecule has 2 amide bonds. The lowest BCUT2D eigenvalue weighted by atomic mass is 10.2. The average Bonchev–Trinajstić information content (AvgIpc) is 2.69. The Bertz CT molecular complexity index is 771. The molecule has 2 N–H and O–H groups in total. The topological polar surface area (TPSA) is 79.9 Å². The van der Waals surface area contributed by atoms with Crippen molar-refractivity contribution in [2.45, 2.75) is 0 Å². The number of morpholine rings is 1. The van der Waals surface area contributed by atoms with E-state index in [9.17, 15) is 9.59 Å². The Morgan fingerprint density at radius 3 is 2.38 bits per heavy atom. The molecule has 7 heteroatoms. The summed E-state index contributed by atoms with van der Waals surface area (Å²) in [7, 11) is 1.33. The molecule has 0 atom stereocenters. The first-order valence-corrected chi connectivity index (χ1v) is 8.35. The molecule has 2 aromatic rings. The van der Waals surface area contributed by atoms with Crippen molar-refractivity contribution in [2.75, 3.05) is 48.9 Å². The van der Waals surface area contributed by atoms with Gasteiger partial charge in [0, 0.05) is 18.8 Å². The Hall–Kier alpha value is -3.06. The van der Waals surface area contributed by atoms with Gasteiger partial charge in [0.15, 0.2) is 0 Å². The van der Waals surface area contributed by atoms with Crippen LogP contribution in [0.25, 0.3) is 0 Å². The predicted molar refractivity (Wildman–Crippen MR) is 99.9 cm³/mol. The van der Waals surface area contributed by atoms with Gasteiger partial charge in [-0.15, -0.1) is 0 Å². The zero-order valence-corrected chi connectivity index (χ0v) is 14.5. The summed E-state index contributed by atoms with van der Waals surface area (Å²) in [6.45, 7) is 2.92. The molecule has 26 heavy (non-hydrogen) atoms. The SMILES string of the molecule is COC(=O)c1ccc(NC(=O)Nc2ccccc2N2CCOCC2)cc1. The van der Waals surface area contributed by atoms with E-state index in [0.29, 0.717) is 24.5 Å². The molecule has 7 nitrogen and oxygen atoms in total. The number of methoxy groups -OCH3 is 1. The summed E-state index contributed by atoms with van der Waals surface area (Å²) in [6, 6.07) is 13.8. The van der Waals surface area contributed by atoms with E-state index in [1.807, 2.05) is 24.3 Å². The molecule has 0 aliphatic carbocycles. The molecule has 0 bridgehead atoms. The van der Waals surface area contributed by atoms with Crippen molar-refractivity contribution in [3.8, 4) is 0 Å². The van der Waals surface area contributed by atoms with Gasteiger partial charge in [0.05, 0.1) is 37.3 Å². The third-order valence-corrected chi connectivity index (χ3v) is 4.07. The number of nitrogens with one attached hydrogen (secondary N) is 2. The van der Waals surface area contributed by atoms with E-state index in [2.05, 4.69) is 20.3 Å². The Morgan fingerprint density at radius 2 is 1.69 bits per heavy atom. The number of para-hydroxylation sites is 2. The maximum Gasteiger partial charge on any atom is 0.337 e. The zero-order valence-electron chi connectivity index (χ0n) is 14.5. The molecular weight excluding hydrogens is 334 g/mol. The first-order valence-electron chi connectivity index (χ1n) is 8.35. The lowest BCUT2D eigenvalue weighted by Crippen LogP contribution is -2.36. The molecule has 1 aliphatic rings. The molecule has 1 saturated heterocycles. The molecule has 1 fully saturated rings. The van der Waals surface area contributed by atoms with Crippen molar-refractivity contribution in [1.29, 1.82) is 0 Å². The summed E-state index contributed by atoms with van der Waals surface area (Å²) in [5.41, 5.74) is 2.71. The number of carbonyl (C=O) groups excluding carboxylic acids is 2. The molecule has 3 rings (SSSR count). The van der Waals surface area contributed by atoms with Gasteiger partial charge in [0.25, 0.3) is 0 Å². The number of rotatable bonds is 4. The maximum atomic E-state index is 12.3. The van der Waals surface area contributed by atoms with E-state index in [1.54, 1.807) is 24.3 Å². The van der Waals surface area contributed by atoms with E-state index in [-0.39, 0.29) is 6.03 Å². The molecule has 136 valence electrons. The summed E-state index contributed by atoms with van der Waals surface area (Å²) in [5.74, 6) is -0.416. The number of carbonyl (C=O) groups is 2. The molecule has 2 aromatic carbocycles. The summed E-state index contributed by atoms with van der Waals surface area (Å²) >= 11 is 0. The second kappa shape index (κ2) is 8.35. The molecule has 0 unspecified atom stereocenters. The third-order valence-electron chi connectivity index (χ3n) is 4.07. The largest absolute Gasteiger partial charge is 0.465 e. The number of hydrogen-bond donors (Lipinski definition) is 2. The van der Waals surface area contributed by atoms with Crippen molar-refractivity contribution in [1.82, 2.24) is 0 Å². The summed E-state index contributed by atoms with van der Waals surface area (Å²) in [5, 5.41) is 5.64. The van der Waals surface area contributed by atoms with Crippen LogP contribution in [-0.2, 0) is 9.47 Å². The standard InChI is InChI=1S/C19H21N3O4/c1-25-18(23)14-6-8-15(9-7-14)20-19(24)21-16-4-2-3-5-17(16)22-10-12-26-13-11-22/h2-9H,10-13H2,1H3,(H2,20,21,24). The highest BCUT2D eigenvalue weighted by molar-refractivity contribution is 6.02. The first kappa shape index (κ1) is 17.8. The second-order valence-electron chi connectivity index (χ2n) is 5.76. The zero-order chi connectivity index (χ0) is 18.4. The summed E-state index contributed by atoms with van der Waals surface area (Å²) in [4.78, 5) is 26.0. The minimum Gasteiger partial charge on any atom is -0.465 e. The Morgan fingerprint density at radius 1 is 1.00 bits per heavy atom. The van der Waals surface area contributed by atoms with E-state index in [4.69, 9.17) is 4.74 Å². The minimum atomic E-state index is -0.416. The molecule has 0 radical (unpaired) electrons. The van der Waals surface area contributed by atoms with Gasteiger partial charge in [0.2, 0.25) is 0 Å². The van der Waals surface area contributed by atoms with Crippen LogP contribution in [0.3, 0.4) is 0 Å². The maximum absolute atomic E-state index is 12.3. The van der Waals surface area contributed by atoms with Crippen molar-refractivity contribution in [2.24, 2.45) is 0 Å². The van der Waals surface area contributed by atoms with Crippen molar-refractivity contribution in [3.63, 3.8) is 0 Å². The van der Waals surface area contributed by atoms with Gasteiger partial charge in [-0.2, -0.15) is 0 Å². The number of amides is 2. The van der Waals surface area contributed by atoms with Gasteiger partial charge in [-0.1, -0.05) is 12.1 Å². The Kier molecular flexibility index (Phi) is 5.70. The summed E-state index contributed by atoms with van der Waals surface area (Å²) < 4.78 is 10.0. The number of anilines is 3. The Labute approximate surface area is 151 Å². The van der Waals surface area contributed by atoms with Crippen molar-refractivity contribution >= 4 is 29.1 Å². The lowest BCUT2D eigenvalue weighted by molar-refractivity contribution is 0.0600. The summed E-state index contributed by atoms with van der Waals surface area (Å²) in [6.07, 6.45) is 0. The number of nitrogens with zero attached hydrogens (tertiary/aromatic N) is 1. The van der Waals surface area contributed by atoms with Crippen LogP contribution in [0.5, 0.6) is 0 Å². The van der Waals surface area contributed by atoms with Crippen LogP contribution in [0, 0.1) is 0 Å². The van der Waals surface area contributed by atoms with Gasteiger partial charge >= 0.3 is 12.0 Å². The quantitative estimate of drug-likeness (QED) is 0.825. The van der Waals surface area contributed by atoms with Crippen LogP contribution >= 0.6 is 0 Å². The molecular formula is C19H21N3O4. The highest BCUT2D eigenvalue weighted by atomic mass is 16.5. The smallest absolute Gasteiger partial charge is 0.337 e. The van der Waals surface area contributed by atoms with E-state index in [0.717, 1.165) is 24.5 Å². The fourth-order valence-corrected chi connectivity index (χ4v) is 2.75. The van der Waals surface area contributed by atoms with Crippen LogP contribution in [0.1, 0.15) is 10.4 Å². The molecule has 1 heterocycles. The Balaban J connectivity index is 1.66. The van der Waals surface area contributed by atoms with Gasteiger partial charge in [0.1, 0.15) is 0 Å². The second-order valence-corrected chi connectivity index (χ2v) is 5.76. The third kappa shape index (κ3) is 4.31. The van der Waals surface area contributed by atoms with Crippen molar-refractivity contribution in [3.05, 3.63) is 54.1 Å². The van der Waals surface area contributed by atoms with Crippen LogP contribution in [0.2, 0.25) is 0 Å². The highest BCUT2D eigenvalue weighted by Gasteiger charge is 2.15. The van der Waals surface area contributed by atoms with E-state index >= 15 is 0 Å². The van der Waals surface area contributed by atoms with Gasteiger partial charge in [-0.05, 0) is 36.4 Å². The predicted octanol–water partition coefficient (Wildman–Crippen LogP) is 2.95. The molecule has 1 aliphatic heterocycles. The van der Waals surface area contributed by atoms with E-state index in [1.165, 1.54) is 7.11 Å². The number of hydrogen-bond acceptors (Lipinski definition) is 5. The molecule has 0 saturated carbocycles. The van der Waals surface area contributed by atoms with Crippen LogP contribution in [0.4, 0.5) is 21.9 Å². The van der Waals surface area contributed by atoms with Crippen LogP contribution in [-0.4, -0.2) is 45.4 Å². The van der Waals surface area contributed by atoms with Gasteiger partial charge in [-0.3, -0.25) is 0 Å². The molecule has 0 aromatic heterocycles. The van der Waals surface area contributed by atoms with Gasteiger partial charge in [-0.25, -0.2) is 9.59 Å². The lowest BCUT2D eigenvalue weighted by Gasteiger charge is -2.30. The number of urea groups is 1. The average molecular weight is 355 g/mol. The number of ether oxygens (including phenoxy) is 2. The normalized spacial score (nSPS) is 13.8. The number of benzene rings is 2. The van der Waals surface area contributed by atoms with E-state index < -0.39 is 5.97 Å². The van der Waals surface area contributed by atoms with Crippen LogP contribution < -0.4 is 15.5 Å². The van der Waals surface area contributed by atoms with Crippen LogP contribution in [0.15, 0.2) is 48.5 Å². The monoisotopic (exact) mass is 355 g/mol. The van der Waals surface area contributed by atoms with Gasteiger partial charge < -0.3 is 25.0 Å². The number of esters is 1. The van der Waals surface area contributed by atoms with Crippen molar-refractivity contribution < 1.29 is 19.1 Å². The fraction of sp³-hybridized carbons (Fsp3) is 0.263.